The van der Waals surface area contributed by atoms with E-state index >= 15 is 0 Å². The molecule has 0 amide bonds. The van der Waals surface area contributed by atoms with Gasteiger partial charge < -0.3 is 8.98 Å². The molecule has 11 aromatic carbocycles. The number of hydrogen-bond acceptors (Lipinski definition) is 4. The van der Waals surface area contributed by atoms with Crippen LogP contribution in [0.25, 0.3) is 143 Å². The highest BCUT2D eigenvalue weighted by molar-refractivity contribution is 6.26. The van der Waals surface area contributed by atoms with E-state index in [4.69, 9.17) is 19.4 Å². The molecule has 0 radical (unpaired) electrons. The molecule has 0 bridgehead atoms. The largest absolute Gasteiger partial charge is 0.456 e. The zero-order valence-corrected chi connectivity index (χ0v) is 37.0. The van der Waals surface area contributed by atoms with E-state index in [2.05, 4.69) is 179 Å². The smallest absolute Gasteiger partial charge is 0.238 e. The van der Waals surface area contributed by atoms with Crippen molar-refractivity contribution in [3.05, 3.63) is 224 Å². The van der Waals surface area contributed by atoms with Crippen LogP contribution >= 0.6 is 0 Å². The first-order valence-corrected chi connectivity index (χ1v) is 23.3. The summed E-state index contributed by atoms with van der Waals surface area (Å²) in [6.07, 6.45) is 0. The van der Waals surface area contributed by atoms with Crippen LogP contribution in [0.4, 0.5) is 0 Å². The fourth-order valence-corrected chi connectivity index (χ4v) is 11.0. The van der Waals surface area contributed by atoms with Crippen LogP contribution in [-0.4, -0.2) is 24.1 Å². The van der Waals surface area contributed by atoms with Crippen molar-refractivity contribution < 1.29 is 4.42 Å². The Morgan fingerprint density at radius 1 is 0.261 bits per heavy atom. The molecule has 15 rings (SSSR count). The molecule has 0 aliphatic carbocycles. The third-order valence-corrected chi connectivity index (χ3v) is 14.2. The average Bonchev–Trinajstić information content (AvgIpc) is 4.07. The Bertz CT molecular complexity index is 4560. The lowest BCUT2D eigenvalue weighted by atomic mass is 9.92. The molecule has 6 nitrogen and oxygen atoms in total. The van der Waals surface area contributed by atoms with Crippen molar-refractivity contribution in [2.45, 2.75) is 0 Å². The van der Waals surface area contributed by atoms with Gasteiger partial charge in [0.1, 0.15) is 11.2 Å². The monoisotopic (exact) mass is 879 g/mol. The molecular weight excluding hydrogens is 843 g/mol. The van der Waals surface area contributed by atoms with E-state index in [1.807, 2.05) is 54.6 Å². The first-order chi connectivity index (χ1) is 34.2. The molecule has 0 N–H and O–H groups in total. The number of hydrogen-bond donors (Lipinski definition) is 0. The van der Waals surface area contributed by atoms with Gasteiger partial charge in [-0.05, 0) is 104 Å². The van der Waals surface area contributed by atoms with Gasteiger partial charge in [0, 0.05) is 49.1 Å². The predicted molar refractivity (Wildman–Crippen MR) is 285 cm³/mol. The SMILES string of the molecule is c1ccc(-c2nc(-c3ccc4c(c3)oc3ccccc34)nc(-n3c4ccccc4c4cc5c6ccccc6n(-c6ccc(-c7ccc8c9ccccc9c9ccccc9c8c7)cc6)c5cc43)n2)cc1. The molecule has 0 atom stereocenters. The number of benzene rings is 11. The van der Waals surface area contributed by atoms with Crippen LogP contribution in [-0.2, 0) is 0 Å². The van der Waals surface area contributed by atoms with Crippen molar-refractivity contribution in [3.63, 3.8) is 0 Å². The summed E-state index contributed by atoms with van der Waals surface area (Å²) in [5, 5.41) is 14.4. The Kier molecular flexibility index (Phi) is 7.97. The summed E-state index contributed by atoms with van der Waals surface area (Å²) in [6.45, 7) is 0. The molecule has 0 aliphatic rings. The van der Waals surface area contributed by atoms with E-state index in [1.165, 1.54) is 54.2 Å². The number of aromatic nitrogens is 5. The predicted octanol–water partition coefficient (Wildman–Crippen LogP) is 16.4. The number of fused-ring (bicyclic) bond motifs is 15. The Balaban J connectivity index is 0.921. The van der Waals surface area contributed by atoms with Crippen LogP contribution in [0.1, 0.15) is 0 Å². The maximum Gasteiger partial charge on any atom is 0.238 e. The molecule has 6 heteroatoms. The zero-order valence-electron chi connectivity index (χ0n) is 37.0. The van der Waals surface area contributed by atoms with Crippen LogP contribution in [0.5, 0.6) is 0 Å². The van der Waals surface area contributed by atoms with Crippen molar-refractivity contribution in [3.8, 4) is 45.5 Å². The molecule has 0 unspecified atom stereocenters. The minimum Gasteiger partial charge on any atom is -0.456 e. The molecule has 69 heavy (non-hydrogen) atoms. The molecular formula is C63H37N5O. The van der Waals surface area contributed by atoms with Gasteiger partial charge in [-0.2, -0.15) is 9.97 Å². The second-order valence-corrected chi connectivity index (χ2v) is 17.9. The third kappa shape index (κ3) is 5.69. The summed E-state index contributed by atoms with van der Waals surface area (Å²) in [6, 6.07) is 80.0. The fraction of sp³-hybridized carbons (Fsp3) is 0. The minimum absolute atomic E-state index is 0.539. The summed E-state index contributed by atoms with van der Waals surface area (Å²) < 4.78 is 11.0. The van der Waals surface area contributed by atoms with Gasteiger partial charge in [0.25, 0.3) is 0 Å². The van der Waals surface area contributed by atoms with Crippen LogP contribution in [0, 0.1) is 0 Å². The third-order valence-electron chi connectivity index (χ3n) is 14.2. The first-order valence-electron chi connectivity index (χ1n) is 23.3. The van der Waals surface area contributed by atoms with E-state index in [0.717, 1.165) is 71.6 Å². The molecule has 320 valence electrons. The highest BCUT2D eigenvalue weighted by Crippen LogP contribution is 2.42. The molecule has 0 aliphatic heterocycles. The lowest BCUT2D eigenvalue weighted by Gasteiger charge is -2.13. The van der Waals surface area contributed by atoms with E-state index in [1.54, 1.807) is 0 Å². The van der Waals surface area contributed by atoms with Crippen molar-refractivity contribution >= 4 is 97.9 Å². The van der Waals surface area contributed by atoms with Crippen LogP contribution < -0.4 is 0 Å². The Labute approximate surface area is 394 Å². The lowest BCUT2D eigenvalue weighted by molar-refractivity contribution is 0.669. The summed E-state index contributed by atoms with van der Waals surface area (Å²) in [7, 11) is 0. The summed E-state index contributed by atoms with van der Waals surface area (Å²) in [5.74, 6) is 1.70. The second kappa shape index (κ2) is 14.6. The Hall–Kier alpha value is -9.39. The number of rotatable bonds is 5. The second-order valence-electron chi connectivity index (χ2n) is 17.9. The van der Waals surface area contributed by atoms with Gasteiger partial charge in [0.05, 0.1) is 22.1 Å². The molecule has 0 saturated carbocycles. The van der Waals surface area contributed by atoms with Gasteiger partial charge in [-0.3, -0.25) is 4.57 Å². The average molecular weight is 880 g/mol. The Morgan fingerprint density at radius 3 is 1.45 bits per heavy atom. The summed E-state index contributed by atoms with van der Waals surface area (Å²) >= 11 is 0. The summed E-state index contributed by atoms with van der Waals surface area (Å²) in [4.78, 5) is 15.7. The van der Waals surface area contributed by atoms with Gasteiger partial charge in [-0.25, -0.2) is 4.98 Å². The van der Waals surface area contributed by atoms with E-state index in [0.29, 0.717) is 17.6 Å². The quantitative estimate of drug-likeness (QED) is 0.162. The molecule has 0 spiro atoms. The van der Waals surface area contributed by atoms with Gasteiger partial charge >= 0.3 is 0 Å². The molecule has 0 saturated heterocycles. The van der Waals surface area contributed by atoms with Gasteiger partial charge in [0.15, 0.2) is 11.6 Å². The highest BCUT2D eigenvalue weighted by Gasteiger charge is 2.22. The van der Waals surface area contributed by atoms with Crippen LogP contribution in [0.15, 0.2) is 229 Å². The fourth-order valence-electron chi connectivity index (χ4n) is 11.0. The molecule has 4 aromatic heterocycles. The van der Waals surface area contributed by atoms with Crippen molar-refractivity contribution in [1.29, 1.82) is 0 Å². The minimum atomic E-state index is 0.539. The highest BCUT2D eigenvalue weighted by atomic mass is 16.3. The number of para-hydroxylation sites is 3. The molecule has 0 fully saturated rings. The van der Waals surface area contributed by atoms with E-state index < -0.39 is 0 Å². The van der Waals surface area contributed by atoms with E-state index in [-0.39, 0.29) is 0 Å². The first kappa shape index (κ1) is 37.8. The van der Waals surface area contributed by atoms with Gasteiger partial charge in [0.2, 0.25) is 5.95 Å². The maximum atomic E-state index is 6.35. The van der Waals surface area contributed by atoms with Crippen molar-refractivity contribution in [1.82, 2.24) is 24.1 Å². The summed E-state index contributed by atoms with van der Waals surface area (Å²) in [5.41, 5.74) is 11.1. The van der Waals surface area contributed by atoms with Crippen molar-refractivity contribution in [2.24, 2.45) is 0 Å². The van der Waals surface area contributed by atoms with Crippen LogP contribution in [0.3, 0.4) is 0 Å². The Morgan fingerprint density at radius 2 is 0.754 bits per heavy atom. The topological polar surface area (TPSA) is 61.7 Å². The molecule has 4 heterocycles. The number of nitrogens with zero attached hydrogens (tertiary/aromatic N) is 5. The zero-order chi connectivity index (χ0) is 45.2. The normalized spacial score (nSPS) is 12.1. The van der Waals surface area contributed by atoms with Crippen LogP contribution in [0.2, 0.25) is 0 Å². The van der Waals surface area contributed by atoms with Crippen molar-refractivity contribution in [2.75, 3.05) is 0 Å². The lowest BCUT2D eigenvalue weighted by Crippen LogP contribution is -2.06. The molecule has 15 aromatic rings. The standard InChI is InChI=1S/C63H37N5O/c1-2-14-39(15-3-1)61-64-62(41-29-33-51-50-22-10-13-25-59(50)69-60(51)35-41)66-63(65-61)68-56-24-12-9-21-49(56)54-36-53-48-20-8-11-23-55(48)67(57(53)37-58(54)68)42-30-26-38(27-31-42)40-28-32-47-45-18-5-4-16-43(45)44-17-6-7-19-46(44)52(47)34-40/h1-37H. The number of furan rings is 1. The van der Waals surface area contributed by atoms with Gasteiger partial charge in [-0.1, -0.05) is 164 Å². The van der Waals surface area contributed by atoms with E-state index in [9.17, 15) is 0 Å². The maximum absolute atomic E-state index is 6.35. The van der Waals surface area contributed by atoms with Gasteiger partial charge in [-0.15, -0.1) is 0 Å².